The van der Waals surface area contributed by atoms with Crippen LogP contribution in [0.15, 0.2) is 23.1 Å². The minimum absolute atomic E-state index is 0.0636. The molecule has 0 radical (unpaired) electrons. The van der Waals surface area contributed by atoms with Crippen LogP contribution in [0.1, 0.15) is 32.8 Å². The molecule has 0 saturated heterocycles. The zero-order valence-electron chi connectivity index (χ0n) is 13.6. The molecule has 1 aliphatic heterocycles. The maximum Gasteiger partial charge on any atom is 0.133 e. The van der Waals surface area contributed by atoms with Crippen molar-refractivity contribution < 1.29 is 9.47 Å². The number of rotatable bonds is 6. The number of methoxy groups -OCH3 is 1. The van der Waals surface area contributed by atoms with Crippen molar-refractivity contribution in [2.75, 3.05) is 26.0 Å². The minimum atomic E-state index is 0.0636. The zero-order chi connectivity index (χ0) is 15.3. The lowest BCUT2D eigenvalue weighted by Gasteiger charge is -2.25. The standard InChI is InChI=1S/C17H27NO2S/c1-17(2,3)18-11-14(19-4)12-20-15-9-5-7-13-8-6-10-21-16(13)15/h5,7,9,14,18H,6,8,10-12H2,1-4H3. The lowest BCUT2D eigenvalue weighted by atomic mass is 10.1. The van der Waals surface area contributed by atoms with Crippen molar-refractivity contribution in [3.05, 3.63) is 23.8 Å². The van der Waals surface area contributed by atoms with Crippen LogP contribution in [-0.4, -0.2) is 37.7 Å². The number of benzene rings is 1. The van der Waals surface area contributed by atoms with Crippen LogP contribution in [0.4, 0.5) is 0 Å². The lowest BCUT2D eigenvalue weighted by molar-refractivity contribution is 0.0527. The normalized spacial score (nSPS) is 16.4. The Labute approximate surface area is 132 Å². The molecule has 1 aromatic carbocycles. The molecule has 3 nitrogen and oxygen atoms in total. The van der Waals surface area contributed by atoms with Crippen LogP contribution in [0.2, 0.25) is 0 Å². The summed E-state index contributed by atoms with van der Waals surface area (Å²) in [4.78, 5) is 1.32. The van der Waals surface area contributed by atoms with Crippen LogP contribution in [0.25, 0.3) is 0 Å². The highest BCUT2D eigenvalue weighted by Crippen LogP contribution is 2.37. The predicted molar refractivity (Wildman–Crippen MR) is 89.5 cm³/mol. The molecule has 1 heterocycles. The second kappa shape index (κ2) is 7.52. The molecule has 2 rings (SSSR count). The fourth-order valence-corrected chi connectivity index (χ4v) is 3.40. The molecule has 0 saturated carbocycles. The van der Waals surface area contributed by atoms with Gasteiger partial charge < -0.3 is 14.8 Å². The Morgan fingerprint density at radius 2 is 2.14 bits per heavy atom. The highest BCUT2D eigenvalue weighted by Gasteiger charge is 2.17. The SMILES string of the molecule is COC(CNC(C)(C)C)COc1cccc2c1SCCC2. The molecular weight excluding hydrogens is 282 g/mol. The minimum Gasteiger partial charge on any atom is -0.490 e. The van der Waals surface area contributed by atoms with Crippen molar-refractivity contribution in [3.8, 4) is 5.75 Å². The van der Waals surface area contributed by atoms with E-state index < -0.39 is 0 Å². The van der Waals surface area contributed by atoms with Gasteiger partial charge in [0.25, 0.3) is 0 Å². The van der Waals surface area contributed by atoms with E-state index in [1.165, 1.54) is 29.1 Å². The van der Waals surface area contributed by atoms with E-state index in [-0.39, 0.29) is 11.6 Å². The van der Waals surface area contributed by atoms with Gasteiger partial charge in [-0.2, -0.15) is 0 Å². The second-order valence-corrected chi connectivity index (χ2v) is 7.60. The molecule has 0 amide bonds. The third-order valence-electron chi connectivity index (χ3n) is 3.52. The Bertz CT molecular complexity index is 457. The molecular formula is C17H27NO2S. The Hall–Kier alpha value is -0.710. The molecule has 1 aromatic rings. The van der Waals surface area contributed by atoms with E-state index in [4.69, 9.17) is 9.47 Å². The number of hydrogen-bond acceptors (Lipinski definition) is 4. The molecule has 0 fully saturated rings. The third kappa shape index (κ3) is 5.20. The summed E-state index contributed by atoms with van der Waals surface area (Å²) < 4.78 is 11.6. The maximum atomic E-state index is 6.04. The number of nitrogens with one attached hydrogen (secondary N) is 1. The summed E-state index contributed by atoms with van der Waals surface area (Å²) in [6.07, 6.45) is 2.49. The summed E-state index contributed by atoms with van der Waals surface area (Å²) in [5, 5.41) is 3.46. The summed E-state index contributed by atoms with van der Waals surface area (Å²) >= 11 is 1.91. The highest BCUT2D eigenvalue weighted by molar-refractivity contribution is 7.99. The van der Waals surface area contributed by atoms with Gasteiger partial charge in [0, 0.05) is 19.2 Å². The first kappa shape index (κ1) is 16.7. The van der Waals surface area contributed by atoms with E-state index in [2.05, 4.69) is 44.3 Å². The van der Waals surface area contributed by atoms with Crippen molar-refractivity contribution in [2.24, 2.45) is 0 Å². The largest absolute Gasteiger partial charge is 0.490 e. The van der Waals surface area contributed by atoms with Crippen molar-refractivity contribution >= 4 is 11.8 Å². The van der Waals surface area contributed by atoms with Gasteiger partial charge in [-0.05, 0) is 51.0 Å². The molecule has 0 aromatic heterocycles. The molecule has 1 atom stereocenters. The Morgan fingerprint density at radius 1 is 1.33 bits per heavy atom. The van der Waals surface area contributed by atoms with E-state index in [0.717, 1.165) is 12.3 Å². The highest BCUT2D eigenvalue weighted by atomic mass is 32.2. The van der Waals surface area contributed by atoms with Gasteiger partial charge in [0.1, 0.15) is 18.5 Å². The van der Waals surface area contributed by atoms with E-state index in [1.807, 2.05) is 11.8 Å². The molecule has 1 N–H and O–H groups in total. The first-order chi connectivity index (χ1) is 9.99. The number of aryl methyl sites for hydroxylation is 1. The topological polar surface area (TPSA) is 30.5 Å². The molecule has 21 heavy (non-hydrogen) atoms. The molecule has 0 aliphatic carbocycles. The summed E-state index contributed by atoms with van der Waals surface area (Å²) in [5.41, 5.74) is 1.52. The van der Waals surface area contributed by atoms with Crippen LogP contribution in [0, 0.1) is 0 Å². The van der Waals surface area contributed by atoms with Crippen LogP contribution in [0.3, 0.4) is 0 Å². The van der Waals surface area contributed by atoms with Gasteiger partial charge in [0.2, 0.25) is 0 Å². The van der Waals surface area contributed by atoms with Gasteiger partial charge in [-0.15, -0.1) is 11.8 Å². The summed E-state index contributed by atoms with van der Waals surface area (Å²) in [7, 11) is 1.74. The van der Waals surface area contributed by atoms with Gasteiger partial charge in [-0.3, -0.25) is 0 Å². The second-order valence-electron chi connectivity index (χ2n) is 6.50. The number of thioether (sulfide) groups is 1. The summed E-state index contributed by atoms with van der Waals surface area (Å²) in [6, 6.07) is 6.37. The van der Waals surface area contributed by atoms with Crippen LogP contribution in [0.5, 0.6) is 5.75 Å². The molecule has 4 heteroatoms. The predicted octanol–water partition coefficient (Wildman–Crippen LogP) is 3.51. The van der Waals surface area contributed by atoms with Crippen molar-refractivity contribution in [2.45, 2.75) is 50.2 Å². The first-order valence-corrected chi connectivity index (χ1v) is 8.63. The molecule has 0 bridgehead atoms. The fraction of sp³-hybridized carbons (Fsp3) is 0.647. The van der Waals surface area contributed by atoms with Gasteiger partial charge in [0.05, 0.1) is 4.90 Å². The Kier molecular flexibility index (Phi) is 5.97. The monoisotopic (exact) mass is 309 g/mol. The van der Waals surface area contributed by atoms with Gasteiger partial charge >= 0.3 is 0 Å². The van der Waals surface area contributed by atoms with Crippen molar-refractivity contribution in [1.82, 2.24) is 5.32 Å². The Morgan fingerprint density at radius 3 is 2.86 bits per heavy atom. The number of ether oxygens (including phenoxy) is 2. The summed E-state index contributed by atoms with van der Waals surface area (Å²) in [5.74, 6) is 2.20. The first-order valence-electron chi connectivity index (χ1n) is 7.65. The molecule has 1 aliphatic rings. The van der Waals surface area contributed by atoms with E-state index in [0.29, 0.717) is 6.61 Å². The quantitative estimate of drug-likeness (QED) is 0.871. The molecule has 0 spiro atoms. The lowest BCUT2D eigenvalue weighted by Crippen LogP contribution is -2.43. The Balaban J connectivity index is 1.92. The average molecular weight is 309 g/mol. The van der Waals surface area contributed by atoms with Crippen molar-refractivity contribution in [1.29, 1.82) is 0 Å². The van der Waals surface area contributed by atoms with E-state index in [9.17, 15) is 0 Å². The van der Waals surface area contributed by atoms with Gasteiger partial charge in [0.15, 0.2) is 0 Å². The molecule has 1 unspecified atom stereocenters. The van der Waals surface area contributed by atoms with Crippen LogP contribution < -0.4 is 10.1 Å². The van der Waals surface area contributed by atoms with Crippen LogP contribution in [-0.2, 0) is 11.2 Å². The number of hydrogen-bond donors (Lipinski definition) is 1. The maximum absolute atomic E-state index is 6.04. The van der Waals surface area contributed by atoms with Gasteiger partial charge in [-0.25, -0.2) is 0 Å². The smallest absolute Gasteiger partial charge is 0.133 e. The third-order valence-corrected chi connectivity index (χ3v) is 4.76. The fourth-order valence-electron chi connectivity index (χ4n) is 2.29. The van der Waals surface area contributed by atoms with Crippen molar-refractivity contribution in [3.63, 3.8) is 0 Å². The molecule has 118 valence electrons. The van der Waals surface area contributed by atoms with Crippen LogP contribution >= 0.6 is 11.8 Å². The zero-order valence-corrected chi connectivity index (χ0v) is 14.4. The van der Waals surface area contributed by atoms with E-state index >= 15 is 0 Å². The summed E-state index contributed by atoms with van der Waals surface area (Å²) in [6.45, 7) is 7.85. The van der Waals surface area contributed by atoms with Gasteiger partial charge in [-0.1, -0.05) is 12.1 Å². The number of fused-ring (bicyclic) bond motifs is 1. The average Bonchev–Trinajstić information content (AvgIpc) is 2.46. The van der Waals surface area contributed by atoms with E-state index in [1.54, 1.807) is 7.11 Å².